The van der Waals surface area contributed by atoms with Crippen LogP contribution in [-0.4, -0.2) is 29.2 Å². The Morgan fingerprint density at radius 1 is 1.07 bits per heavy atom. The summed E-state index contributed by atoms with van der Waals surface area (Å²) in [6, 6.07) is 18.0. The van der Waals surface area contributed by atoms with Crippen LogP contribution in [0.1, 0.15) is 15.9 Å². The molecule has 27 heavy (non-hydrogen) atoms. The van der Waals surface area contributed by atoms with Gasteiger partial charge < -0.3 is 15.0 Å². The van der Waals surface area contributed by atoms with Crippen molar-refractivity contribution in [2.24, 2.45) is 10.8 Å². The Morgan fingerprint density at radius 3 is 2.63 bits per heavy atom. The number of hydrogen-bond donors (Lipinski definition) is 2. The first-order valence-corrected chi connectivity index (χ1v) is 8.20. The molecular weight excluding hydrogens is 344 g/mol. The Morgan fingerprint density at radius 2 is 1.85 bits per heavy atom. The lowest BCUT2D eigenvalue weighted by Crippen LogP contribution is -2.20. The van der Waals surface area contributed by atoms with Crippen LogP contribution >= 0.6 is 0 Å². The summed E-state index contributed by atoms with van der Waals surface area (Å²) >= 11 is 0. The Hall–Kier alpha value is -3.87. The van der Waals surface area contributed by atoms with Crippen LogP contribution in [0.5, 0.6) is 5.75 Å². The van der Waals surface area contributed by atoms with Crippen LogP contribution in [0.3, 0.4) is 0 Å². The van der Waals surface area contributed by atoms with E-state index >= 15 is 0 Å². The van der Waals surface area contributed by atoms with Crippen molar-refractivity contribution in [3.8, 4) is 11.4 Å². The lowest BCUT2D eigenvalue weighted by Gasteiger charge is -2.09. The van der Waals surface area contributed by atoms with E-state index in [0.29, 0.717) is 16.9 Å². The summed E-state index contributed by atoms with van der Waals surface area (Å²) < 4.78 is 7.09. The number of hydrogen-bond acceptors (Lipinski definition) is 4. The third-order valence-corrected chi connectivity index (χ3v) is 3.65. The van der Waals surface area contributed by atoms with Crippen LogP contribution < -0.4 is 15.9 Å². The van der Waals surface area contributed by atoms with Crippen molar-refractivity contribution >= 4 is 18.0 Å². The molecule has 1 heterocycles. The second-order valence-corrected chi connectivity index (χ2v) is 5.63. The molecule has 3 rings (SSSR count). The highest BCUT2D eigenvalue weighted by Crippen LogP contribution is 2.15. The topological polar surface area (TPSA) is 98.7 Å². The molecule has 0 bridgehead atoms. The smallest absolute Gasteiger partial charge is 0.273 e. The molecule has 0 spiro atoms. The molecule has 136 valence electrons. The van der Waals surface area contributed by atoms with E-state index < -0.39 is 5.91 Å². The molecule has 0 fully saturated rings. The third kappa shape index (κ3) is 4.82. The number of primary amides is 1. The number of carbonyl (C=O) groups excluding carboxylic acids is 2. The summed E-state index contributed by atoms with van der Waals surface area (Å²) in [4.78, 5) is 23.3. The molecule has 0 saturated carbocycles. The van der Waals surface area contributed by atoms with E-state index in [1.807, 2.05) is 41.2 Å². The Labute approximate surface area is 156 Å². The molecule has 3 N–H and O–H groups in total. The highest BCUT2D eigenvalue weighted by atomic mass is 16.5. The van der Waals surface area contributed by atoms with Crippen LogP contribution in [0.4, 0.5) is 0 Å². The maximum atomic E-state index is 12.5. The van der Waals surface area contributed by atoms with Crippen molar-refractivity contribution in [3.05, 3.63) is 84.2 Å². The summed E-state index contributed by atoms with van der Waals surface area (Å²) in [5, 5.41) is 4.00. The highest BCUT2D eigenvalue weighted by Gasteiger charge is 2.10. The van der Waals surface area contributed by atoms with Gasteiger partial charge in [0, 0.05) is 12.4 Å². The zero-order valence-electron chi connectivity index (χ0n) is 14.4. The van der Waals surface area contributed by atoms with Crippen molar-refractivity contribution < 1.29 is 14.3 Å². The molecule has 2 amide bonds. The van der Waals surface area contributed by atoms with Crippen molar-refractivity contribution in [1.29, 1.82) is 0 Å². The Balaban J connectivity index is 1.68. The summed E-state index contributed by atoms with van der Waals surface area (Å²) in [6.45, 7) is -0.201. The van der Waals surface area contributed by atoms with Crippen LogP contribution in [0.15, 0.2) is 78.2 Å². The average Bonchev–Trinajstić information content (AvgIpc) is 3.21. The number of nitrogens with two attached hydrogens (primary N) is 1. The molecule has 2 aromatic carbocycles. The number of nitrogens with one attached hydrogen (secondary N) is 1. The molecular formula is C20H18N4O3. The molecule has 0 aliphatic heterocycles. The minimum absolute atomic E-state index is 0.201. The monoisotopic (exact) mass is 362 g/mol. The molecule has 7 heteroatoms. The van der Waals surface area contributed by atoms with E-state index in [-0.39, 0.29) is 12.5 Å². The SMILES string of the molecule is NC(=O)COc1cccc(/C=N/NC(=O)c2ccccc2-n2cccc2)c1. The first-order chi connectivity index (χ1) is 13.1. The van der Waals surface area contributed by atoms with Crippen LogP contribution in [0, 0.1) is 0 Å². The minimum Gasteiger partial charge on any atom is -0.484 e. The van der Waals surface area contributed by atoms with Gasteiger partial charge in [0.2, 0.25) is 0 Å². The minimum atomic E-state index is -0.553. The zero-order chi connectivity index (χ0) is 19.1. The molecule has 0 unspecified atom stereocenters. The number of benzene rings is 2. The molecule has 0 aliphatic rings. The maximum absolute atomic E-state index is 12.5. The van der Waals surface area contributed by atoms with E-state index in [4.69, 9.17) is 10.5 Å². The van der Waals surface area contributed by atoms with Gasteiger partial charge in [0.25, 0.3) is 11.8 Å². The van der Waals surface area contributed by atoms with Gasteiger partial charge in [-0.1, -0.05) is 24.3 Å². The predicted molar refractivity (Wildman–Crippen MR) is 102 cm³/mol. The zero-order valence-corrected chi connectivity index (χ0v) is 14.4. The second kappa shape index (κ2) is 8.48. The first-order valence-electron chi connectivity index (χ1n) is 8.20. The van der Waals surface area contributed by atoms with Crippen molar-refractivity contribution in [3.63, 3.8) is 0 Å². The predicted octanol–water partition coefficient (Wildman–Crippen LogP) is 2.11. The van der Waals surface area contributed by atoms with Crippen LogP contribution in [0.2, 0.25) is 0 Å². The molecule has 1 aromatic heterocycles. The number of ether oxygens (including phenoxy) is 1. The number of amides is 2. The summed E-state index contributed by atoms with van der Waals surface area (Å²) in [5.41, 5.74) is 9.55. The van der Waals surface area contributed by atoms with Gasteiger partial charge >= 0.3 is 0 Å². The van der Waals surface area contributed by atoms with Gasteiger partial charge in [-0.2, -0.15) is 5.10 Å². The Bertz CT molecular complexity index is 965. The van der Waals surface area contributed by atoms with Gasteiger partial charge in [0.05, 0.1) is 17.5 Å². The molecule has 0 atom stereocenters. The molecule has 0 radical (unpaired) electrons. The number of hydrazone groups is 1. The van der Waals surface area contributed by atoms with Crippen LogP contribution in [0.25, 0.3) is 5.69 Å². The van der Waals surface area contributed by atoms with Gasteiger partial charge in [-0.05, 0) is 42.0 Å². The second-order valence-electron chi connectivity index (χ2n) is 5.63. The third-order valence-electron chi connectivity index (χ3n) is 3.65. The summed E-state index contributed by atoms with van der Waals surface area (Å²) in [5.74, 6) is -0.388. The fourth-order valence-electron chi connectivity index (χ4n) is 2.45. The highest BCUT2D eigenvalue weighted by molar-refractivity contribution is 5.98. The van der Waals surface area contributed by atoms with Gasteiger partial charge in [0.1, 0.15) is 5.75 Å². The fraction of sp³-hybridized carbons (Fsp3) is 0.0500. The number of aromatic nitrogens is 1. The van der Waals surface area contributed by atoms with Crippen molar-refractivity contribution in [2.45, 2.75) is 0 Å². The largest absolute Gasteiger partial charge is 0.484 e. The average molecular weight is 362 g/mol. The normalized spacial score (nSPS) is 10.7. The fourth-order valence-corrected chi connectivity index (χ4v) is 2.45. The quantitative estimate of drug-likeness (QED) is 0.497. The van der Waals surface area contributed by atoms with E-state index in [2.05, 4.69) is 10.5 Å². The number of para-hydroxylation sites is 1. The van der Waals surface area contributed by atoms with Crippen LogP contribution in [-0.2, 0) is 4.79 Å². The number of rotatable bonds is 7. The Kier molecular flexibility index (Phi) is 5.64. The van der Waals surface area contributed by atoms with E-state index in [1.54, 1.807) is 36.4 Å². The van der Waals surface area contributed by atoms with E-state index in [9.17, 15) is 9.59 Å². The molecule has 0 saturated heterocycles. The molecule has 3 aromatic rings. The summed E-state index contributed by atoms with van der Waals surface area (Å²) in [6.07, 6.45) is 5.23. The van der Waals surface area contributed by atoms with Gasteiger partial charge in [-0.25, -0.2) is 5.43 Å². The maximum Gasteiger partial charge on any atom is 0.273 e. The number of nitrogens with zero attached hydrogens (tertiary/aromatic N) is 2. The van der Waals surface area contributed by atoms with Gasteiger partial charge in [-0.3, -0.25) is 9.59 Å². The molecule has 0 aliphatic carbocycles. The lowest BCUT2D eigenvalue weighted by atomic mass is 10.1. The van der Waals surface area contributed by atoms with Gasteiger partial charge in [0.15, 0.2) is 6.61 Å². The first kappa shape index (κ1) is 17.9. The number of carbonyl (C=O) groups is 2. The van der Waals surface area contributed by atoms with E-state index in [0.717, 1.165) is 5.69 Å². The summed E-state index contributed by atoms with van der Waals surface area (Å²) in [7, 11) is 0. The van der Waals surface area contributed by atoms with Crippen molar-refractivity contribution in [2.75, 3.05) is 6.61 Å². The van der Waals surface area contributed by atoms with E-state index in [1.165, 1.54) is 6.21 Å². The standard InChI is InChI=1S/C20H18N4O3/c21-19(25)14-27-16-7-5-6-15(12-16)13-22-23-20(26)17-8-1-2-9-18(17)24-10-3-4-11-24/h1-13H,14H2,(H2,21,25)(H,23,26)/b22-13+. The van der Waals surface area contributed by atoms with Crippen molar-refractivity contribution in [1.82, 2.24) is 9.99 Å². The molecule has 7 nitrogen and oxygen atoms in total. The van der Waals surface area contributed by atoms with Gasteiger partial charge in [-0.15, -0.1) is 0 Å². The lowest BCUT2D eigenvalue weighted by molar-refractivity contribution is -0.119.